The Morgan fingerprint density at radius 2 is 1.91 bits per heavy atom. The molecule has 7 nitrogen and oxygen atoms in total. The molecular weight excluding hydrogens is 539 g/mol. The molecule has 0 spiro atoms. The maximum absolute atomic E-state index is 5.47. The third-order valence-electron chi connectivity index (χ3n) is 5.16. The van der Waals surface area contributed by atoms with Gasteiger partial charge in [0.05, 0.1) is 33.0 Å². The predicted molar refractivity (Wildman–Crippen MR) is 143 cm³/mol. The van der Waals surface area contributed by atoms with Gasteiger partial charge in [-0.05, 0) is 31.5 Å². The van der Waals surface area contributed by atoms with Gasteiger partial charge in [0, 0.05) is 31.5 Å². The molecule has 2 aromatic rings. The van der Waals surface area contributed by atoms with E-state index in [4.69, 9.17) is 24.2 Å². The molecule has 0 aliphatic rings. The highest BCUT2D eigenvalue weighted by Gasteiger charge is 2.23. The molecule has 180 valence electrons. The zero-order valence-corrected chi connectivity index (χ0v) is 23.5. The summed E-state index contributed by atoms with van der Waals surface area (Å²) < 4.78 is 16.2. The minimum atomic E-state index is -0.178. The number of aromatic nitrogens is 1. The van der Waals surface area contributed by atoms with Crippen molar-refractivity contribution in [2.24, 2.45) is 4.99 Å². The van der Waals surface area contributed by atoms with Gasteiger partial charge in [-0.25, -0.2) is 4.98 Å². The minimum Gasteiger partial charge on any atom is -0.493 e. The third kappa shape index (κ3) is 7.48. The molecule has 1 N–H and O–H groups in total. The van der Waals surface area contributed by atoms with E-state index < -0.39 is 0 Å². The van der Waals surface area contributed by atoms with Gasteiger partial charge in [-0.1, -0.05) is 19.9 Å². The Kier molecular flexibility index (Phi) is 11.7. The van der Waals surface area contributed by atoms with Gasteiger partial charge in [-0.2, -0.15) is 0 Å². The summed E-state index contributed by atoms with van der Waals surface area (Å²) in [4.78, 5) is 11.7. The molecule has 0 aliphatic carbocycles. The second-order valence-electron chi connectivity index (χ2n) is 8.03. The van der Waals surface area contributed by atoms with Gasteiger partial charge in [-0.15, -0.1) is 35.3 Å². The zero-order chi connectivity index (χ0) is 23.0. The van der Waals surface area contributed by atoms with Crippen LogP contribution in [0.5, 0.6) is 11.5 Å². The van der Waals surface area contributed by atoms with E-state index in [-0.39, 0.29) is 35.5 Å². The predicted octanol–water partition coefficient (Wildman–Crippen LogP) is 4.86. The van der Waals surface area contributed by atoms with Crippen LogP contribution in [0, 0.1) is 0 Å². The first-order chi connectivity index (χ1) is 14.7. The van der Waals surface area contributed by atoms with Gasteiger partial charge in [0.25, 0.3) is 0 Å². The summed E-state index contributed by atoms with van der Waals surface area (Å²) in [5.74, 6) is 2.31. The first kappa shape index (κ1) is 28.4. The summed E-state index contributed by atoms with van der Waals surface area (Å²) in [6.45, 7) is 10.5. The lowest BCUT2D eigenvalue weighted by molar-refractivity contribution is 0.119. The van der Waals surface area contributed by atoms with Crippen molar-refractivity contribution in [3.05, 3.63) is 39.8 Å². The lowest BCUT2D eigenvalue weighted by atomic mass is 9.84. The number of hydrogen-bond donors (Lipinski definition) is 1. The van der Waals surface area contributed by atoms with Crippen LogP contribution in [0.4, 0.5) is 0 Å². The SMILES string of the molecule is CCNC(=NCC(C)(C)c1ccc(OC)c(OC)c1)N(C)Cc1csc(C(C)OC)n1.I. The van der Waals surface area contributed by atoms with Crippen LogP contribution in [0.15, 0.2) is 28.6 Å². The van der Waals surface area contributed by atoms with E-state index in [0.717, 1.165) is 40.3 Å². The van der Waals surface area contributed by atoms with Crippen LogP contribution in [0.1, 0.15) is 50.1 Å². The second-order valence-corrected chi connectivity index (χ2v) is 8.92. The van der Waals surface area contributed by atoms with Gasteiger partial charge >= 0.3 is 0 Å². The quantitative estimate of drug-likeness (QED) is 0.248. The maximum atomic E-state index is 5.47. The van der Waals surface area contributed by atoms with Crippen molar-refractivity contribution in [2.75, 3.05) is 41.5 Å². The number of methoxy groups -OCH3 is 3. The molecule has 0 amide bonds. The van der Waals surface area contributed by atoms with Crippen molar-refractivity contribution in [1.29, 1.82) is 0 Å². The Balaban J connectivity index is 0.00000512. The number of ether oxygens (including phenoxy) is 3. The largest absolute Gasteiger partial charge is 0.493 e. The molecule has 1 aromatic heterocycles. The molecule has 0 fully saturated rings. The molecule has 0 radical (unpaired) electrons. The van der Waals surface area contributed by atoms with Crippen molar-refractivity contribution in [3.63, 3.8) is 0 Å². The lowest BCUT2D eigenvalue weighted by Crippen LogP contribution is -2.39. The average molecular weight is 577 g/mol. The van der Waals surface area contributed by atoms with E-state index in [1.54, 1.807) is 32.7 Å². The Morgan fingerprint density at radius 1 is 1.22 bits per heavy atom. The first-order valence-corrected chi connectivity index (χ1v) is 11.3. The van der Waals surface area contributed by atoms with E-state index in [1.165, 1.54) is 0 Å². The molecule has 0 bridgehead atoms. The van der Waals surface area contributed by atoms with Gasteiger partial charge in [-0.3, -0.25) is 4.99 Å². The molecule has 1 aromatic carbocycles. The molecule has 1 atom stereocenters. The summed E-state index contributed by atoms with van der Waals surface area (Å²) >= 11 is 1.63. The fourth-order valence-corrected chi connectivity index (χ4v) is 3.93. The Morgan fingerprint density at radius 3 is 2.50 bits per heavy atom. The molecular formula is C23H37IN4O3S. The van der Waals surface area contributed by atoms with Crippen LogP contribution in [0.2, 0.25) is 0 Å². The first-order valence-electron chi connectivity index (χ1n) is 10.4. The number of guanidine groups is 1. The maximum Gasteiger partial charge on any atom is 0.194 e. The number of benzene rings is 1. The highest BCUT2D eigenvalue weighted by molar-refractivity contribution is 14.0. The second kappa shape index (κ2) is 13.2. The lowest BCUT2D eigenvalue weighted by Gasteiger charge is -2.27. The molecule has 9 heteroatoms. The smallest absolute Gasteiger partial charge is 0.194 e. The van der Waals surface area contributed by atoms with Gasteiger partial charge in [0.15, 0.2) is 17.5 Å². The molecule has 0 aliphatic heterocycles. The van der Waals surface area contributed by atoms with E-state index >= 15 is 0 Å². The summed E-state index contributed by atoms with van der Waals surface area (Å²) in [7, 11) is 7.03. The number of thiazole rings is 1. The number of aliphatic imine (C=N–C) groups is 1. The molecule has 1 heterocycles. The highest BCUT2D eigenvalue weighted by atomic mass is 127. The fourth-order valence-electron chi connectivity index (χ4n) is 3.09. The van der Waals surface area contributed by atoms with Crippen LogP contribution in [-0.4, -0.2) is 57.3 Å². The summed E-state index contributed by atoms with van der Waals surface area (Å²) in [5, 5.41) is 6.46. The third-order valence-corrected chi connectivity index (χ3v) is 6.21. The Hall–Kier alpha value is -1.59. The number of rotatable bonds is 10. The van der Waals surface area contributed by atoms with Gasteiger partial charge in [0.2, 0.25) is 0 Å². The van der Waals surface area contributed by atoms with Crippen molar-refractivity contribution in [3.8, 4) is 11.5 Å². The number of hydrogen-bond acceptors (Lipinski definition) is 6. The standard InChI is InChI=1S/C23H36N4O3S.HI/c1-9-24-22(27(5)13-18-14-31-21(26-18)16(2)28-6)25-15-23(3,4)17-10-11-19(29-7)20(12-17)30-8;/h10-12,14,16H,9,13,15H2,1-8H3,(H,24,25);1H. The topological polar surface area (TPSA) is 68.2 Å². The molecule has 2 rings (SSSR count). The highest BCUT2D eigenvalue weighted by Crippen LogP contribution is 2.33. The van der Waals surface area contributed by atoms with Crippen molar-refractivity contribution in [1.82, 2.24) is 15.2 Å². The number of nitrogens with one attached hydrogen (secondary N) is 1. The van der Waals surface area contributed by atoms with Crippen LogP contribution in [0.3, 0.4) is 0 Å². The summed E-state index contributed by atoms with van der Waals surface area (Å²) in [6.07, 6.45) is 0.00764. The van der Waals surface area contributed by atoms with Crippen molar-refractivity contribution in [2.45, 2.75) is 45.8 Å². The molecule has 1 unspecified atom stereocenters. The van der Waals surface area contributed by atoms with Gasteiger partial charge in [0.1, 0.15) is 11.1 Å². The Bertz CT molecular complexity index is 873. The normalized spacial score (nSPS) is 12.7. The zero-order valence-electron chi connectivity index (χ0n) is 20.4. The Labute approximate surface area is 213 Å². The molecule has 32 heavy (non-hydrogen) atoms. The van der Waals surface area contributed by atoms with E-state index in [2.05, 4.69) is 42.4 Å². The van der Waals surface area contributed by atoms with Crippen LogP contribution >= 0.6 is 35.3 Å². The van der Waals surface area contributed by atoms with Crippen molar-refractivity contribution < 1.29 is 14.2 Å². The van der Waals surface area contributed by atoms with E-state index in [9.17, 15) is 0 Å². The monoisotopic (exact) mass is 576 g/mol. The molecule has 0 saturated heterocycles. The minimum absolute atomic E-state index is 0. The fraction of sp³-hybridized carbons (Fsp3) is 0.565. The van der Waals surface area contributed by atoms with E-state index in [0.29, 0.717) is 13.1 Å². The van der Waals surface area contributed by atoms with Gasteiger partial charge < -0.3 is 24.4 Å². The van der Waals surface area contributed by atoms with Crippen molar-refractivity contribution >= 4 is 41.3 Å². The number of halogens is 1. The van der Waals surface area contributed by atoms with E-state index in [1.807, 2.05) is 26.1 Å². The summed E-state index contributed by atoms with van der Waals surface area (Å²) in [6, 6.07) is 6.04. The molecule has 0 saturated carbocycles. The summed E-state index contributed by atoms with van der Waals surface area (Å²) in [5.41, 5.74) is 1.98. The average Bonchev–Trinajstić information content (AvgIpc) is 3.23. The van der Waals surface area contributed by atoms with Crippen LogP contribution in [-0.2, 0) is 16.7 Å². The van der Waals surface area contributed by atoms with Crippen LogP contribution < -0.4 is 14.8 Å². The number of nitrogens with zero attached hydrogens (tertiary/aromatic N) is 3. The van der Waals surface area contributed by atoms with Crippen LogP contribution in [0.25, 0.3) is 0 Å².